The van der Waals surface area contributed by atoms with E-state index in [4.69, 9.17) is 4.74 Å². The van der Waals surface area contributed by atoms with E-state index in [0.29, 0.717) is 11.0 Å². The van der Waals surface area contributed by atoms with Crippen LogP contribution in [-0.4, -0.2) is 22.9 Å². The number of epoxide rings is 1. The largest absolute Gasteiger partial charge is 0.389 e. The molecule has 0 aromatic carbocycles. The Bertz CT molecular complexity index is 554. The molecule has 1 aliphatic heterocycles. The van der Waals surface area contributed by atoms with E-state index in [9.17, 15) is 5.11 Å². The molecule has 1 saturated heterocycles. The maximum atomic E-state index is 11.5. The molecule has 142 valence electrons. The van der Waals surface area contributed by atoms with E-state index < -0.39 is 0 Å². The summed E-state index contributed by atoms with van der Waals surface area (Å²) in [5.74, 6) is 3.45. The van der Waals surface area contributed by atoms with Crippen LogP contribution in [0, 0.1) is 34.5 Å². The fraction of sp³-hybridized carbons (Fsp3) is 1.00. The molecular weight excluding hydrogens is 308 g/mol. The summed E-state index contributed by atoms with van der Waals surface area (Å²) in [7, 11) is 0. The Morgan fingerprint density at radius 2 is 1.72 bits per heavy atom. The van der Waals surface area contributed by atoms with Crippen molar-refractivity contribution in [1.29, 1.82) is 0 Å². The van der Waals surface area contributed by atoms with Crippen LogP contribution in [0.4, 0.5) is 0 Å². The molecular formula is C23H38O2. The van der Waals surface area contributed by atoms with Gasteiger partial charge in [-0.2, -0.15) is 0 Å². The molecule has 5 fully saturated rings. The number of ether oxygens (including phenoxy) is 1. The van der Waals surface area contributed by atoms with Gasteiger partial charge in [0.25, 0.3) is 0 Å². The van der Waals surface area contributed by atoms with Gasteiger partial charge in [-0.05, 0) is 98.7 Å². The number of fused-ring (bicyclic) bond motifs is 5. The van der Waals surface area contributed by atoms with E-state index in [2.05, 4.69) is 20.8 Å². The fourth-order valence-corrected chi connectivity index (χ4v) is 8.61. The topological polar surface area (TPSA) is 32.8 Å². The second kappa shape index (κ2) is 5.25. The third-order valence-corrected chi connectivity index (χ3v) is 10.3. The van der Waals surface area contributed by atoms with Gasteiger partial charge in [0.1, 0.15) is 0 Å². The molecule has 0 aromatic heterocycles. The van der Waals surface area contributed by atoms with Gasteiger partial charge in [0.2, 0.25) is 0 Å². The van der Waals surface area contributed by atoms with Crippen molar-refractivity contribution in [2.24, 2.45) is 34.5 Å². The average Bonchev–Trinajstić information content (AvgIpc) is 3.28. The van der Waals surface area contributed by atoms with Crippen LogP contribution in [0.5, 0.6) is 0 Å². The molecule has 1 heterocycles. The number of hydrogen-bond acceptors (Lipinski definition) is 2. The Kier molecular flexibility index (Phi) is 3.58. The Labute approximate surface area is 154 Å². The summed E-state index contributed by atoms with van der Waals surface area (Å²) < 4.78 is 5.87. The van der Waals surface area contributed by atoms with Crippen molar-refractivity contribution in [3.8, 4) is 0 Å². The predicted molar refractivity (Wildman–Crippen MR) is 100 cm³/mol. The van der Waals surface area contributed by atoms with Crippen LogP contribution >= 0.6 is 0 Å². The van der Waals surface area contributed by atoms with Gasteiger partial charge in [-0.15, -0.1) is 0 Å². The summed E-state index contributed by atoms with van der Waals surface area (Å²) in [6.45, 7) is 8.38. The molecule has 1 spiro atoms. The highest BCUT2D eigenvalue weighted by Gasteiger charge is 2.65. The maximum Gasteiger partial charge on any atom is 0.0919 e. The second-order valence-corrected chi connectivity index (χ2v) is 11.1. The van der Waals surface area contributed by atoms with Crippen LogP contribution in [0.15, 0.2) is 0 Å². The van der Waals surface area contributed by atoms with Crippen LogP contribution < -0.4 is 0 Å². The summed E-state index contributed by atoms with van der Waals surface area (Å²) in [4.78, 5) is 0. The number of rotatable bonds is 2. The van der Waals surface area contributed by atoms with Crippen molar-refractivity contribution in [1.82, 2.24) is 0 Å². The molecule has 5 aliphatic rings. The van der Waals surface area contributed by atoms with Crippen molar-refractivity contribution in [2.45, 2.75) is 103 Å². The van der Waals surface area contributed by atoms with Gasteiger partial charge < -0.3 is 9.84 Å². The monoisotopic (exact) mass is 346 g/mol. The van der Waals surface area contributed by atoms with Gasteiger partial charge in [-0.25, -0.2) is 0 Å². The Hall–Kier alpha value is -0.0800. The van der Waals surface area contributed by atoms with Crippen LogP contribution in [0.3, 0.4) is 0 Å². The first kappa shape index (κ1) is 17.0. The first-order valence-electron chi connectivity index (χ1n) is 11.2. The molecule has 0 amide bonds. The van der Waals surface area contributed by atoms with Gasteiger partial charge >= 0.3 is 0 Å². The smallest absolute Gasteiger partial charge is 0.0919 e. The Morgan fingerprint density at radius 3 is 2.44 bits per heavy atom. The third-order valence-electron chi connectivity index (χ3n) is 10.3. The zero-order chi connectivity index (χ0) is 17.5. The van der Waals surface area contributed by atoms with Crippen LogP contribution in [0.1, 0.15) is 91.4 Å². The molecule has 2 nitrogen and oxygen atoms in total. The van der Waals surface area contributed by atoms with Crippen LogP contribution in [0.2, 0.25) is 0 Å². The molecule has 1 N–H and O–H groups in total. The average molecular weight is 347 g/mol. The lowest BCUT2D eigenvalue weighted by Gasteiger charge is -2.61. The minimum absolute atomic E-state index is 0.183. The summed E-state index contributed by atoms with van der Waals surface area (Å²) >= 11 is 0. The normalized spacial score (nSPS) is 60.0. The minimum Gasteiger partial charge on any atom is -0.389 e. The van der Waals surface area contributed by atoms with Crippen molar-refractivity contribution in [3.63, 3.8) is 0 Å². The summed E-state index contributed by atoms with van der Waals surface area (Å²) in [6, 6.07) is 0. The molecule has 0 unspecified atom stereocenters. The zero-order valence-corrected chi connectivity index (χ0v) is 16.7. The van der Waals surface area contributed by atoms with Gasteiger partial charge in [0, 0.05) is 0 Å². The van der Waals surface area contributed by atoms with Crippen molar-refractivity contribution >= 4 is 0 Å². The van der Waals surface area contributed by atoms with Crippen LogP contribution in [-0.2, 0) is 4.74 Å². The van der Waals surface area contributed by atoms with E-state index in [1.54, 1.807) is 0 Å². The molecule has 0 radical (unpaired) electrons. The first-order valence-corrected chi connectivity index (χ1v) is 11.2. The molecule has 2 heteroatoms. The van der Waals surface area contributed by atoms with Crippen molar-refractivity contribution < 1.29 is 9.84 Å². The SMILES string of the molecule is CCC[C@]1(O)CC[C@@H]2[C@@H]3CC[C@@H]4C[C@@]5(CC[C@]4(C)[C@@H]3CC[C@@]21C)CO5. The fourth-order valence-electron chi connectivity index (χ4n) is 8.61. The van der Waals surface area contributed by atoms with Crippen LogP contribution in [0.25, 0.3) is 0 Å². The van der Waals surface area contributed by atoms with E-state index in [1.807, 2.05) is 0 Å². The first-order chi connectivity index (χ1) is 11.9. The lowest BCUT2D eigenvalue weighted by molar-refractivity contribution is -0.157. The van der Waals surface area contributed by atoms with Gasteiger partial charge in [0.15, 0.2) is 0 Å². The maximum absolute atomic E-state index is 11.5. The lowest BCUT2D eigenvalue weighted by atomic mass is 9.44. The minimum atomic E-state index is -0.381. The standard InChI is InChI=1S/C23H38O2/c1-4-9-23(24)11-8-19-17-6-5-16-14-22(15-25-22)13-12-20(16,2)18(17)7-10-21(19,23)3/h16-19,24H,4-15H2,1-3H3/t16-,17-,18-,19-,20+,21+,22+,23+/m1/s1. The Balaban J connectivity index is 1.42. The molecule has 4 saturated carbocycles. The van der Waals surface area contributed by atoms with Crippen molar-refractivity contribution in [2.75, 3.05) is 6.61 Å². The summed E-state index contributed by atoms with van der Waals surface area (Å²) in [5.41, 5.74) is 0.665. The highest BCUT2D eigenvalue weighted by Crippen LogP contribution is 2.70. The molecule has 25 heavy (non-hydrogen) atoms. The van der Waals surface area contributed by atoms with E-state index in [1.165, 1.54) is 51.4 Å². The highest BCUT2D eigenvalue weighted by atomic mass is 16.6. The quantitative estimate of drug-likeness (QED) is 0.686. The summed E-state index contributed by atoms with van der Waals surface area (Å²) in [5, 5.41) is 11.5. The molecule has 8 atom stereocenters. The molecule has 0 bridgehead atoms. The third kappa shape index (κ3) is 2.16. The van der Waals surface area contributed by atoms with Gasteiger partial charge in [0.05, 0.1) is 17.8 Å². The number of hydrogen-bond donors (Lipinski definition) is 1. The molecule has 0 aromatic rings. The second-order valence-electron chi connectivity index (χ2n) is 11.1. The molecule has 4 aliphatic carbocycles. The van der Waals surface area contributed by atoms with E-state index in [0.717, 1.165) is 49.5 Å². The Morgan fingerprint density at radius 1 is 0.960 bits per heavy atom. The predicted octanol–water partition coefficient (Wildman–Crippen LogP) is 5.33. The van der Waals surface area contributed by atoms with Gasteiger partial charge in [-0.3, -0.25) is 0 Å². The zero-order valence-electron chi connectivity index (χ0n) is 16.7. The molecule has 5 rings (SSSR count). The number of aliphatic hydroxyl groups is 1. The lowest BCUT2D eigenvalue weighted by Crippen LogP contribution is -2.57. The highest BCUT2D eigenvalue weighted by molar-refractivity contribution is 5.15. The van der Waals surface area contributed by atoms with Crippen molar-refractivity contribution in [3.05, 3.63) is 0 Å². The van der Waals surface area contributed by atoms with Gasteiger partial charge in [-0.1, -0.05) is 27.2 Å². The van der Waals surface area contributed by atoms with E-state index >= 15 is 0 Å². The summed E-state index contributed by atoms with van der Waals surface area (Å²) in [6.07, 6.45) is 14.0. The van der Waals surface area contributed by atoms with E-state index in [-0.39, 0.29) is 11.0 Å².